The second kappa shape index (κ2) is 8.48. The summed E-state index contributed by atoms with van der Waals surface area (Å²) in [6.07, 6.45) is 4.19. The Hall–Kier alpha value is -3.86. The lowest BCUT2D eigenvalue weighted by molar-refractivity contribution is 0.0951. The number of nitrogens with one attached hydrogen (secondary N) is 2. The maximum absolute atomic E-state index is 13.0. The van der Waals surface area contributed by atoms with E-state index >= 15 is 0 Å². The quantitative estimate of drug-likeness (QED) is 0.352. The van der Waals surface area contributed by atoms with Crippen molar-refractivity contribution in [3.8, 4) is 11.1 Å². The minimum absolute atomic E-state index is 0.264. The predicted molar refractivity (Wildman–Crippen MR) is 127 cm³/mol. The van der Waals surface area contributed by atoms with Crippen molar-refractivity contribution in [1.29, 1.82) is 0 Å². The first kappa shape index (κ1) is 19.1. The van der Waals surface area contributed by atoms with Gasteiger partial charge in [0.2, 0.25) is 0 Å². The van der Waals surface area contributed by atoms with Gasteiger partial charge in [-0.2, -0.15) is 5.10 Å². The van der Waals surface area contributed by atoms with E-state index in [4.69, 9.17) is 0 Å². The summed E-state index contributed by atoms with van der Waals surface area (Å²) in [4.78, 5) is 18.6. The molecular weight excluding hydrogens is 384 g/mol. The number of amides is 1. The highest BCUT2D eigenvalue weighted by atomic mass is 16.2. The molecule has 154 valence electrons. The molecular formula is C26H24N4O. The number of nitrogens with zero attached hydrogens (tertiary/aromatic N) is 2. The lowest BCUT2D eigenvalue weighted by Gasteiger charge is -2.17. The third-order valence-corrected chi connectivity index (χ3v) is 5.74. The van der Waals surface area contributed by atoms with Crippen molar-refractivity contribution in [2.24, 2.45) is 5.10 Å². The van der Waals surface area contributed by atoms with E-state index in [1.54, 1.807) is 6.21 Å². The summed E-state index contributed by atoms with van der Waals surface area (Å²) in [6, 6.07) is 26.2. The summed E-state index contributed by atoms with van der Waals surface area (Å²) < 4.78 is 0. The number of rotatable bonds is 5. The topological polar surface area (TPSA) is 60.5 Å². The van der Waals surface area contributed by atoms with Crippen molar-refractivity contribution in [3.63, 3.8) is 0 Å². The van der Waals surface area contributed by atoms with Crippen molar-refractivity contribution in [1.82, 2.24) is 10.4 Å². The van der Waals surface area contributed by atoms with E-state index < -0.39 is 0 Å². The zero-order valence-electron chi connectivity index (χ0n) is 17.2. The minimum Gasteiger partial charge on any atom is -0.372 e. The van der Waals surface area contributed by atoms with Crippen LogP contribution in [0.2, 0.25) is 0 Å². The third-order valence-electron chi connectivity index (χ3n) is 5.74. The molecule has 0 atom stereocenters. The monoisotopic (exact) mass is 408 g/mol. The van der Waals surface area contributed by atoms with Gasteiger partial charge in [-0.15, -0.1) is 0 Å². The number of benzene rings is 3. The van der Waals surface area contributed by atoms with Gasteiger partial charge in [-0.3, -0.25) is 4.79 Å². The van der Waals surface area contributed by atoms with Gasteiger partial charge < -0.3 is 9.88 Å². The van der Waals surface area contributed by atoms with Crippen LogP contribution in [0.1, 0.15) is 28.9 Å². The SMILES string of the molecule is O=C(N/N=C/c1ccc(N2CCCC2)cc1)c1[nH]c2ccccc2c1-c1ccccc1. The molecule has 0 radical (unpaired) electrons. The normalized spacial score (nSPS) is 13.9. The average molecular weight is 409 g/mol. The molecule has 1 saturated heterocycles. The number of anilines is 1. The molecule has 1 fully saturated rings. The second-order valence-electron chi connectivity index (χ2n) is 7.77. The third kappa shape index (κ3) is 3.94. The van der Waals surface area contributed by atoms with Gasteiger partial charge in [-0.1, -0.05) is 60.7 Å². The minimum atomic E-state index is -0.264. The Morgan fingerprint density at radius 3 is 2.39 bits per heavy atom. The van der Waals surface area contributed by atoms with Crippen LogP contribution in [-0.4, -0.2) is 30.2 Å². The van der Waals surface area contributed by atoms with Gasteiger partial charge in [-0.05, 0) is 42.2 Å². The Kier molecular flexibility index (Phi) is 5.23. The van der Waals surface area contributed by atoms with Crippen LogP contribution in [0, 0.1) is 0 Å². The Morgan fingerprint density at radius 1 is 0.903 bits per heavy atom. The van der Waals surface area contributed by atoms with Crippen molar-refractivity contribution < 1.29 is 4.79 Å². The van der Waals surface area contributed by atoms with Crippen LogP contribution in [0.5, 0.6) is 0 Å². The van der Waals surface area contributed by atoms with Crippen LogP contribution >= 0.6 is 0 Å². The fourth-order valence-corrected chi connectivity index (χ4v) is 4.18. The Balaban J connectivity index is 1.36. The molecule has 5 heteroatoms. The number of hydrazone groups is 1. The molecule has 2 heterocycles. The zero-order chi connectivity index (χ0) is 21.0. The first-order valence-electron chi connectivity index (χ1n) is 10.6. The van der Waals surface area contributed by atoms with Crippen molar-refractivity contribution >= 4 is 28.7 Å². The number of aromatic amines is 1. The maximum atomic E-state index is 13.0. The number of fused-ring (bicyclic) bond motifs is 1. The van der Waals surface area contributed by atoms with E-state index in [0.29, 0.717) is 5.69 Å². The fourth-order valence-electron chi connectivity index (χ4n) is 4.18. The molecule has 0 spiro atoms. The molecule has 1 aliphatic rings. The fraction of sp³-hybridized carbons (Fsp3) is 0.154. The van der Waals surface area contributed by atoms with Gasteiger partial charge in [0.1, 0.15) is 5.69 Å². The first-order valence-corrected chi connectivity index (χ1v) is 10.6. The Morgan fingerprint density at radius 2 is 1.61 bits per heavy atom. The van der Waals surface area contributed by atoms with Crippen molar-refractivity contribution in [2.75, 3.05) is 18.0 Å². The lowest BCUT2D eigenvalue weighted by atomic mass is 10.0. The highest BCUT2D eigenvalue weighted by molar-refractivity contribution is 6.09. The zero-order valence-corrected chi connectivity index (χ0v) is 17.2. The summed E-state index contributed by atoms with van der Waals surface area (Å²) in [5.74, 6) is -0.264. The Labute approximate surface area is 181 Å². The summed E-state index contributed by atoms with van der Waals surface area (Å²) >= 11 is 0. The summed E-state index contributed by atoms with van der Waals surface area (Å²) in [7, 11) is 0. The van der Waals surface area contributed by atoms with Crippen molar-refractivity contribution in [3.05, 3.63) is 90.1 Å². The van der Waals surface area contributed by atoms with Crippen LogP contribution in [0.3, 0.4) is 0 Å². The van der Waals surface area contributed by atoms with E-state index in [1.165, 1.54) is 18.5 Å². The number of carbonyl (C=O) groups excluding carboxylic acids is 1. The molecule has 31 heavy (non-hydrogen) atoms. The standard InChI is InChI=1S/C26H24N4O/c31-26(29-27-18-19-12-14-21(15-13-19)30-16-6-7-17-30)25-24(20-8-2-1-3-9-20)22-10-4-5-11-23(22)28-25/h1-5,8-15,18,28H,6-7,16-17H2,(H,29,31)/b27-18+. The van der Waals surface area contributed by atoms with E-state index in [9.17, 15) is 4.79 Å². The number of hydrogen-bond donors (Lipinski definition) is 2. The highest BCUT2D eigenvalue weighted by Crippen LogP contribution is 2.32. The number of H-pyrrole nitrogens is 1. The van der Waals surface area contributed by atoms with Crippen LogP contribution in [-0.2, 0) is 0 Å². The highest BCUT2D eigenvalue weighted by Gasteiger charge is 2.18. The number of carbonyl (C=O) groups is 1. The average Bonchev–Trinajstić information content (AvgIpc) is 3.48. The number of aromatic nitrogens is 1. The van der Waals surface area contributed by atoms with Gasteiger partial charge in [0, 0.05) is 35.2 Å². The van der Waals surface area contributed by atoms with Gasteiger partial charge in [-0.25, -0.2) is 5.43 Å². The van der Waals surface area contributed by atoms with Gasteiger partial charge in [0.05, 0.1) is 6.21 Å². The molecule has 5 nitrogen and oxygen atoms in total. The number of hydrogen-bond acceptors (Lipinski definition) is 3. The smallest absolute Gasteiger partial charge is 0.288 e. The van der Waals surface area contributed by atoms with Crippen LogP contribution in [0.4, 0.5) is 5.69 Å². The van der Waals surface area contributed by atoms with Gasteiger partial charge >= 0.3 is 0 Å². The maximum Gasteiger partial charge on any atom is 0.288 e. The molecule has 0 unspecified atom stereocenters. The molecule has 4 aromatic rings. The summed E-state index contributed by atoms with van der Waals surface area (Å²) in [5.41, 5.74) is 8.18. The second-order valence-corrected chi connectivity index (χ2v) is 7.77. The van der Waals surface area contributed by atoms with E-state index in [0.717, 1.165) is 40.7 Å². The van der Waals surface area contributed by atoms with Crippen LogP contribution in [0.15, 0.2) is 84.0 Å². The molecule has 0 aliphatic carbocycles. The summed E-state index contributed by atoms with van der Waals surface area (Å²) in [5, 5.41) is 5.21. The van der Waals surface area contributed by atoms with Gasteiger partial charge in [0.15, 0.2) is 0 Å². The first-order chi connectivity index (χ1) is 15.3. The van der Waals surface area contributed by atoms with Crippen molar-refractivity contribution in [2.45, 2.75) is 12.8 Å². The number of para-hydroxylation sites is 1. The molecule has 1 amide bonds. The molecule has 0 saturated carbocycles. The van der Waals surface area contributed by atoms with Crippen LogP contribution in [0.25, 0.3) is 22.0 Å². The predicted octanol–water partition coefficient (Wildman–Crippen LogP) is 5.20. The van der Waals surface area contributed by atoms with E-state index in [2.05, 4.69) is 32.5 Å². The molecule has 1 aromatic heterocycles. The lowest BCUT2D eigenvalue weighted by Crippen LogP contribution is -2.19. The van der Waals surface area contributed by atoms with E-state index in [-0.39, 0.29) is 5.91 Å². The van der Waals surface area contributed by atoms with E-state index in [1.807, 2.05) is 66.7 Å². The molecule has 3 aromatic carbocycles. The molecule has 1 aliphatic heterocycles. The molecule has 2 N–H and O–H groups in total. The molecule has 5 rings (SSSR count). The Bertz CT molecular complexity index is 1220. The largest absolute Gasteiger partial charge is 0.372 e. The van der Waals surface area contributed by atoms with Gasteiger partial charge in [0.25, 0.3) is 5.91 Å². The summed E-state index contributed by atoms with van der Waals surface area (Å²) in [6.45, 7) is 2.25. The molecule has 0 bridgehead atoms. The van der Waals surface area contributed by atoms with Crippen LogP contribution < -0.4 is 10.3 Å².